The quantitative estimate of drug-likeness (QED) is 0.0204. The van der Waals surface area contributed by atoms with E-state index in [1.54, 1.807) is 6.08 Å². The van der Waals surface area contributed by atoms with Crippen molar-refractivity contribution >= 4 is 5.91 Å². The third-order valence-corrected chi connectivity index (χ3v) is 16.2. The van der Waals surface area contributed by atoms with Crippen LogP contribution in [-0.4, -0.2) is 140 Å². The van der Waals surface area contributed by atoms with E-state index in [2.05, 4.69) is 67.8 Å². The summed E-state index contributed by atoms with van der Waals surface area (Å²) in [5, 5.41) is 87.0. The number of unbranched alkanes of at least 4 members (excludes halogenated alkanes) is 33. The van der Waals surface area contributed by atoms with E-state index in [4.69, 9.17) is 18.9 Å². The molecule has 0 bridgehead atoms. The predicted octanol–water partition coefficient (Wildman–Crippen LogP) is 12.9. The minimum atomic E-state index is -1.79. The van der Waals surface area contributed by atoms with Crippen LogP contribution in [0.25, 0.3) is 0 Å². The number of hydrogen-bond acceptors (Lipinski definition) is 13. The zero-order valence-corrected chi connectivity index (χ0v) is 51.7. The molecule has 1 amide bonds. The van der Waals surface area contributed by atoms with E-state index in [-0.39, 0.29) is 18.9 Å². The summed E-state index contributed by atoms with van der Waals surface area (Å²) < 4.78 is 22.8. The Morgan fingerprint density at radius 2 is 0.841 bits per heavy atom. The first-order valence-electron chi connectivity index (χ1n) is 33.5. The van der Waals surface area contributed by atoms with Crippen LogP contribution in [0, 0.1) is 0 Å². The number of nitrogens with one attached hydrogen (secondary N) is 1. The number of carbonyl (C=O) groups excluding carboxylic acids is 1. The van der Waals surface area contributed by atoms with Gasteiger partial charge in [0.05, 0.1) is 32.0 Å². The first-order valence-corrected chi connectivity index (χ1v) is 33.5. The molecule has 14 heteroatoms. The van der Waals surface area contributed by atoms with Gasteiger partial charge in [0.2, 0.25) is 5.91 Å². The van der Waals surface area contributed by atoms with Crippen molar-refractivity contribution < 1.29 is 64.6 Å². The van der Waals surface area contributed by atoms with E-state index in [9.17, 15) is 45.6 Å². The lowest BCUT2D eigenvalue weighted by atomic mass is 9.97. The van der Waals surface area contributed by atoms with Gasteiger partial charge in [-0.05, 0) is 57.8 Å². The Kier molecular flexibility index (Phi) is 49.0. The Labute approximate surface area is 498 Å². The van der Waals surface area contributed by atoms with Crippen LogP contribution in [0.1, 0.15) is 271 Å². The lowest BCUT2D eigenvalue weighted by molar-refractivity contribution is -0.359. The molecule has 478 valence electrons. The first-order chi connectivity index (χ1) is 40.1. The average Bonchev–Trinajstić information content (AvgIpc) is 3.22. The number of aliphatic hydroxyl groups is 8. The van der Waals surface area contributed by atoms with Gasteiger partial charge < -0.3 is 65.1 Å². The second kappa shape index (κ2) is 53.0. The molecule has 2 heterocycles. The molecule has 0 aliphatic carbocycles. The monoisotopic (exact) mass is 1160 g/mol. The molecule has 14 nitrogen and oxygen atoms in total. The summed E-state index contributed by atoms with van der Waals surface area (Å²) in [4.78, 5) is 13.3. The van der Waals surface area contributed by atoms with Crippen LogP contribution >= 0.6 is 0 Å². The molecule has 0 radical (unpaired) electrons. The first kappa shape index (κ1) is 75.8. The highest BCUT2D eigenvalue weighted by Gasteiger charge is 2.51. The van der Waals surface area contributed by atoms with Crippen LogP contribution < -0.4 is 5.32 Å². The topological polar surface area (TPSA) is 228 Å². The van der Waals surface area contributed by atoms with Crippen molar-refractivity contribution in [1.82, 2.24) is 5.32 Å². The van der Waals surface area contributed by atoms with Crippen molar-refractivity contribution in [2.75, 3.05) is 19.8 Å². The number of amides is 1. The predicted molar refractivity (Wildman–Crippen MR) is 332 cm³/mol. The molecule has 0 aromatic carbocycles. The van der Waals surface area contributed by atoms with Crippen molar-refractivity contribution in [3.05, 3.63) is 60.8 Å². The van der Waals surface area contributed by atoms with E-state index in [1.165, 1.54) is 180 Å². The van der Waals surface area contributed by atoms with Crippen LogP contribution in [0.4, 0.5) is 0 Å². The van der Waals surface area contributed by atoms with Crippen molar-refractivity contribution in [3.8, 4) is 0 Å². The number of aliphatic hydroxyl groups excluding tert-OH is 8. The molecule has 2 aliphatic rings. The molecule has 12 atom stereocenters. The normalized spacial score (nSPS) is 24.3. The zero-order valence-electron chi connectivity index (χ0n) is 51.7. The summed E-state index contributed by atoms with van der Waals surface area (Å²) in [6.45, 7) is 2.68. The fourth-order valence-electron chi connectivity index (χ4n) is 10.9. The highest BCUT2D eigenvalue weighted by atomic mass is 16.7. The van der Waals surface area contributed by atoms with E-state index in [1.807, 2.05) is 6.08 Å². The van der Waals surface area contributed by atoms with Gasteiger partial charge in [-0.25, -0.2) is 0 Å². The second-order valence-electron chi connectivity index (χ2n) is 23.6. The SMILES string of the molecule is CC/C=C\C/C=C\C/C=C\C/C=C\CCCCCCCCCCCCCCCCCCCCCCCCCCC(=O)NC(COC1OC(CO)C(OC2OC(CO)C(O)C(O)C2O)C(O)C1O)C(O)/C=C/CCCCCCCCCCC. The molecule has 2 aliphatic heterocycles. The van der Waals surface area contributed by atoms with E-state index in [0.29, 0.717) is 6.42 Å². The van der Waals surface area contributed by atoms with E-state index in [0.717, 1.165) is 64.2 Å². The maximum Gasteiger partial charge on any atom is 0.220 e. The maximum absolute atomic E-state index is 13.3. The van der Waals surface area contributed by atoms with Crippen LogP contribution in [0.3, 0.4) is 0 Å². The molecule has 82 heavy (non-hydrogen) atoms. The molecule has 0 spiro atoms. The van der Waals surface area contributed by atoms with Gasteiger partial charge in [-0.3, -0.25) is 4.79 Å². The highest BCUT2D eigenvalue weighted by molar-refractivity contribution is 5.76. The highest BCUT2D eigenvalue weighted by Crippen LogP contribution is 2.30. The minimum absolute atomic E-state index is 0.237. The molecule has 2 rings (SSSR count). The molecule has 0 aromatic heterocycles. The summed E-state index contributed by atoms with van der Waals surface area (Å²) in [5.74, 6) is -0.237. The largest absolute Gasteiger partial charge is 0.394 e. The minimum Gasteiger partial charge on any atom is -0.394 e. The standard InChI is InChI=1S/C68H123NO13/c1-3-5-7-9-11-13-15-16-17-18-19-20-21-22-23-24-25-26-27-28-29-30-31-32-33-34-35-36-37-38-39-40-42-44-46-48-50-52-60(73)69-56(57(72)51-49-47-45-43-41-14-12-10-8-6-4-2)55-79-67-65(78)63(76)66(59(54-71)81-67)82-68-64(77)62(75)61(74)58(53-70)80-68/h5,7,11,13,16-17,19-20,49,51,56-59,61-68,70-72,74-78H,3-4,6,8-10,12,14-15,18,21-48,50,52-55H2,1-2H3,(H,69,73)/b7-5-,13-11-,17-16-,20-19-,51-49+. The molecule has 12 unspecified atom stereocenters. The Morgan fingerprint density at radius 1 is 0.451 bits per heavy atom. The third kappa shape index (κ3) is 37.3. The number of allylic oxidation sites excluding steroid dienone is 9. The van der Waals surface area contributed by atoms with Crippen molar-refractivity contribution in [2.24, 2.45) is 0 Å². The van der Waals surface area contributed by atoms with E-state index >= 15 is 0 Å². The Bertz CT molecular complexity index is 1610. The van der Waals surface area contributed by atoms with Crippen LogP contribution in [0.2, 0.25) is 0 Å². The number of carbonyl (C=O) groups is 1. The van der Waals surface area contributed by atoms with Crippen molar-refractivity contribution in [1.29, 1.82) is 0 Å². The summed E-state index contributed by atoms with van der Waals surface area (Å²) >= 11 is 0. The smallest absolute Gasteiger partial charge is 0.220 e. The van der Waals surface area contributed by atoms with Gasteiger partial charge in [-0.1, -0.05) is 267 Å². The lowest BCUT2D eigenvalue weighted by Crippen LogP contribution is -2.65. The summed E-state index contributed by atoms with van der Waals surface area (Å²) in [6, 6.07) is -0.912. The molecule has 2 saturated heterocycles. The zero-order chi connectivity index (χ0) is 59.5. The Hall–Kier alpha value is -2.31. The summed E-state index contributed by atoms with van der Waals surface area (Å²) in [6.07, 6.45) is 53.1. The fraction of sp³-hybridized carbons (Fsp3) is 0.838. The van der Waals surface area contributed by atoms with Gasteiger partial charge in [0.25, 0.3) is 0 Å². The van der Waals surface area contributed by atoms with E-state index < -0.39 is 86.8 Å². The van der Waals surface area contributed by atoms with Crippen LogP contribution in [0.15, 0.2) is 60.8 Å². The third-order valence-electron chi connectivity index (χ3n) is 16.2. The number of hydrogen-bond donors (Lipinski definition) is 9. The van der Waals surface area contributed by atoms with Gasteiger partial charge in [0.15, 0.2) is 12.6 Å². The summed E-state index contributed by atoms with van der Waals surface area (Å²) in [7, 11) is 0. The van der Waals surface area contributed by atoms with Crippen LogP contribution in [0.5, 0.6) is 0 Å². The Morgan fingerprint density at radius 3 is 1.29 bits per heavy atom. The molecular weight excluding hydrogens is 1040 g/mol. The molecule has 9 N–H and O–H groups in total. The summed E-state index contributed by atoms with van der Waals surface area (Å²) in [5.41, 5.74) is 0. The lowest BCUT2D eigenvalue weighted by Gasteiger charge is -2.46. The van der Waals surface area contributed by atoms with Gasteiger partial charge in [0, 0.05) is 6.42 Å². The molecule has 0 saturated carbocycles. The van der Waals surface area contributed by atoms with Gasteiger partial charge in [0.1, 0.15) is 48.8 Å². The van der Waals surface area contributed by atoms with Crippen molar-refractivity contribution in [2.45, 2.75) is 344 Å². The second-order valence-corrected chi connectivity index (χ2v) is 23.6. The van der Waals surface area contributed by atoms with Gasteiger partial charge in [-0.15, -0.1) is 0 Å². The Balaban J connectivity index is 1.56. The fourth-order valence-corrected chi connectivity index (χ4v) is 10.9. The molecular formula is C68H123NO13. The molecule has 0 aromatic rings. The van der Waals surface area contributed by atoms with Gasteiger partial charge >= 0.3 is 0 Å². The average molecular weight is 1160 g/mol. The number of rotatable bonds is 54. The maximum atomic E-state index is 13.3. The van der Waals surface area contributed by atoms with Crippen molar-refractivity contribution in [3.63, 3.8) is 0 Å². The van der Waals surface area contributed by atoms with Gasteiger partial charge in [-0.2, -0.15) is 0 Å². The number of ether oxygens (including phenoxy) is 4. The van der Waals surface area contributed by atoms with Crippen LogP contribution in [-0.2, 0) is 23.7 Å². The molecule has 2 fully saturated rings.